The third-order valence-corrected chi connectivity index (χ3v) is 9.07. The van der Waals surface area contributed by atoms with Crippen molar-refractivity contribution in [1.82, 2.24) is 30.2 Å². The highest BCUT2D eigenvalue weighted by atomic mass is 19.1. The molecule has 2 bridgehead atoms. The van der Waals surface area contributed by atoms with Crippen molar-refractivity contribution in [1.29, 1.82) is 0 Å². The third kappa shape index (κ3) is 3.87. The smallest absolute Gasteiger partial charge is 0.319 e. The number of aromatic nitrogens is 4. The minimum atomic E-state index is -0.835. The average molecular weight is 549 g/mol. The van der Waals surface area contributed by atoms with E-state index in [1.54, 1.807) is 12.3 Å². The molecule has 0 spiro atoms. The Hall–Kier alpha value is -3.64. The highest BCUT2D eigenvalue weighted by Gasteiger charge is 2.49. The van der Waals surface area contributed by atoms with Crippen LogP contribution in [-0.4, -0.2) is 81.4 Å². The van der Waals surface area contributed by atoms with Gasteiger partial charge in [-0.15, -0.1) is 0 Å². The summed E-state index contributed by atoms with van der Waals surface area (Å²) in [4.78, 5) is 23.1. The van der Waals surface area contributed by atoms with Crippen LogP contribution < -0.4 is 20.7 Å². The molecule has 0 aliphatic carbocycles. The van der Waals surface area contributed by atoms with Crippen molar-refractivity contribution in [2.75, 3.05) is 43.4 Å². The lowest BCUT2D eigenvalue weighted by atomic mass is 9.95. The fourth-order valence-corrected chi connectivity index (χ4v) is 7.26. The lowest BCUT2D eigenvalue weighted by Gasteiger charge is -2.34. The summed E-state index contributed by atoms with van der Waals surface area (Å²) in [6.45, 7) is 3.34. The van der Waals surface area contributed by atoms with E-state index in [2.05, 4.69) is 20.1 Å². The van der Waals surface area contributed by atoms with E-state index in [9.17, 15) is 8.78 Å². The Balaban J connectivity index is 1.21. The van der Waals surface area contributed by atoms with Crippen molar-refractivity contribution in [3.05, 3.63) is 30.2 Å². The molecule has 4 aliphatic rings. The van der Waals surface area contributed by atoms with E-state index in [0.29, 0.717) is 59.3 Å². The summed E-state index contributed by atoms with van der Waals surface area (Å²) in [5.74, 6) is 0.198. The van der Waals surface area contributed by atoms with Crippen LogP contribution in [0.2, 0.25) is 0 Å². The molecule has 40 heavy (non-hydrogen) atoms. The molecule has 0 amide bonds. The minimum absolute atomic E-state index is 0.00175. The fraction of sp³-hybridized carbons (Fsp3) is 0.500. The van der Waals surface area contributed by atoms with E-state index in [1.165, 1.54) is 6.07 Å². The summed E-state index contributed by atoms with van der Waals surface area (Å²) in [5.41, 5.74) is 8.36. The number of rotatable bonds is 5. The van der Waals surface area contributed by atoms with Gasteiger partial charge in [0.1, 0.15) is 23.8 Å². The number of nitrogens with zero attached hydrogens (tertiary/aromatic N) is 6. The third-order valence-electron chi connectivity index (χ3n) is 9.07. The Labute approximate surface area is 228 Å². The second-order valence-corrected chi connectivity index (χ2v) is 11.7. The molecule has 0 saturated carbocycles. The summed E-state index contributed by atoms with van der Waals surface area (Å²) in [6.07, 6.45) is 5.57. The van der Waals surface area contributed by atoms with Crippen LogP contribution in [0.25, 0.3) is 33.3 Å². The Morgan fingerprint density at radius 2 is 1.98 bits per heavy atom. The molecule has 0 radical (unpaired) electrons. The van der Waals surface area contributed by atoms with Crippen molar-refractivity contribution in [2.24, 2.45) is 0 Å². The van der Waals surface area contributed by atoms with Crippen LogP contribution in [0.4, 0.5) is 20.6 Å². The van der Waals surface area contributed by atoms with Gasteiger partial charge in [-0.25, -0.2) is 8.78 Å². The topological polar surface area (TPSA) is 118 Å². The van der Waals surface area contributed by atoms with E-state index in [-0.39, 0.29) is 23.1 Å². The fourth-order valence-electron chi connectivity index (χ4n) is 7.26. The molecule has 8 rings (SSSR count). The van der Waals surface area contributed by atoms with Gasteiger partial charge < -0.3 is 25.1 Å². The van der Waals surface area contributed by atoms with Gasteiger partial charge in [-0.1, -0.05) is 0 Å². The van der Waals surface area contributed by atoms with Crippen molar-refractivity contribution < 1.29 is 17.9 Å². The van der Waals surface area contributed by atoms with Gasteiger partial charge in [0.05, 0.1) is 11.1 Å². The molecule has 12 heteroatoms. The number of halogens is 2. The first-order valence-corrected chi connectivity index (χ1v) is 14.0. The Kier molecular flexibility index (Phi) is 5.40. The number of hydrogen-bond acceptors (Lipinski definition) is 10. The number of anilines is 2. The Morgan fingerprint density at radius 1 is 1.12 bits per heavy atom. The Morgan fingerprint density at radius 3 is 2.83 bits per heavy atom. The van der Waals surface area contributed by atoms with Crippen LogP contribution in [0.15, 0.2) is 28.8 Å². The molecule has 4 aromatic rings. The number of alkyl halides is 1. The first-order valence-electron chi connectivity index (χ1n) is 14.0. The van der Waals surface area contributed by atoms with Gasteiger partial charge in [-0.05, 0) is 50.4 Å². The van der Waals surface area contributed by atoms with Crippen LogP contribution in [0.5, 0.6) is 6.01 Å². The predicted molar refractivity (Wildman–Crippen MR) is 145 cm³/mol. The van der Waals surface area contributed by atoms with Crippen LogP contribution in [0.3, 0.4) is 0 Å². The summed E-state index contributed by atoms with van der Waals surface area (Å²) in [6, 6.07) is 5.82. The first-order chi connectivity index (χ1) is 19.4. The van der Waals surface area contributed by atoms with Crippen LogP contribution in [0, 0.1) is 5.82 Å². The number of nitrogens with two attached hydrogens (primary N) is 1. The zero-order valence-electron chi connectivity index (χ0n) is 21.9. The highest BCUT2D eigenvalue weighted by molar-refractivity contribution is 5.95. The van der Waals surface area contributed by atoms with Crippen molar-refractivity contribution in [3.63, 3.8) is 0 Å². The summed E-state index contributed by atoms with van der Waals surface area (Å²) < 4.78 is 40.3. The number of benzene rings is 1. The number of oxazole rings is 1. The molecule has 4 fully saturated rings. The van der Waals surface area contributed by atoms with Crippen LogP contribution >= 0.6 is 0 Å². The molecule has 10 nitrogen and oxygen atoms in total. The average Bonchev–Trinajstić information content (AvgIpc) is 3.69. The molecule has 7 heterocycles. The summed E-state index contributed by atoms with van der Waals surface area (Å²) >= 11 is 0. The lowest BCUT2D eigenvalue weighted by molar-refractivity contribution is 0.107. The SMILES string of the molecule is Nc1nc2c(-c3cnc4c(N5CC6CCC(C5)N6)nc(OC[C@@]56CCCN5C[C@H](F)C6)nc4c3)ccc(F)c2o1. The predicted octanol–water partition coefficient (Wildman–Crippen LogP) is 3.45. The van der Waals surface area contributed by atoms with Gasteiger partial charge >= 0.3 is 6.01 Å². The molecule has 4 atom stereocenters. The summed E-state index contributed by atoms with van der Waals surface area (Å²) in [5, 5.41) is 3.66. The van der Waals surface area contributed by atoms with E-state index < -0.39 is 12.0 Å². The van der Waals surface area contributed by atoms with E-state index in [0.717, 1.165) is 51.1 Å². The van der Waals surface area contributed by atoms with E-state index >= 15 is 0 Å². The number of pyridine rings is 1. The maximum absolute atomic E-state index is 14.4. The number of ether oxygens (including phenoxy) is 1. The zero-order valence-corrected chi connectivity index (χ0v) is 21.9. The number of nitrogens with one attached hydrogen (secondary N) is 1. The Bertz CT molecular complexity index is 1620. The highest BCUT2D eigenvalue weighted by Crippen LogP contribution is 2.41. The van der Waals surface area contributed by atoms with Crippen LogP contribution in [0.1, 0.15) is 32.1 Å². The van der Waals surface area contributed by atoms with E-state index in [1.807, 2.05) is 6.07 Å². The largest absolute Gasteiger partial charge is 0.461 e. The normalized spacial score (nSPS) is 28.1. The number of fused-ring (bicyclic) bond motifs is 5. The molecule has 208 valence electrons. The molecule has 2 unspecified atom stereocenters. The molecule has 1 aromatic carbocycles. The maximum atomic E-state index is 14.4. The molecular weight excluding hydrogens is 518 g/mol. The zero-order chi connectivity index (χ0) is 27.0. The number of nitrogen functional groups attached to an aromatic ring is 1. The quantitative estimate of drug-likeness (QED) is 0.384. The lowest BCUT2D eigenvalue weighted by Crippen LogP contribution is -2.51. The monoisotopic (exact) mass is 548 g/mol. The number of hydrogen-bond donors (Lipinski definition) is 2. The summed E-state index contributed by atoms with van der Waals surface area (Å²) in [7, 11) is 0. The first kappa shape index (κ1) is 24.2. The van der Waals surface area contributed by atoms with Gasteiger partial charge in [0.2, 0.25) is 0 Å². The standard InChI is InChI=1S/C28H30F2N8O2/c29-16-9-28(6-1-7-38(28)11-16)14-39-27-34-21-8-15(19-4-5-20(30)24-22(19)35-26(31)40-24)10-32-23(21)25(36-27)37-12-17-2-3-18(13-37)33-17/h4-5,8,10,16-18,33H,1-3,6-7,9,11-14H2,(H2,31,35)/t16-,17?,18?,28+/m1/s1. The second kappa shape index (κ2) is 8.93. The molecule has 3 aromatic heterocycles. The van der Waals surface area contributed by atoms with Crippen molar-refractivity contribution in [3.8, 4) is 17.1 Å². The van der Waals surface area contributed by atoms with Crippen molar-refractivity contribution in [2.45, 2.75) is 55.9 Å². The molecular formula is C28H30F2N8O2. The van der Waals surface area contributed by atoms with Crippen molar-refractivity contribution >= 4 is 34.0 Å². The second-order valence-electron chi connectivity index (χ2n) is 11.7. The van der Waals surface area contributed by atoms with Gasteiger partial charge in [0, 0.05) is 55.5 Å². The van der Waals surface area contributed by atoms with E-state index in [4.69, 9.17) is 29.8 Å². The van der Waals surface area contributed by atoms with Gasteiger partial charge in [-0.3, -0.25) is 9.88 Å². The number of piperazine rings is 1. The van der Waals surface area contributed by atoms with Gasteiger partial charge in [-0.2, -0.15) is 15.0 Å². The van der Waals surface area contributed by atoms with Gasteiger partial charge in [0.25, 0.3) is 6.01 Å². The maximum Gasteiger partial charge on any atom is 0.319 e. The minimum Gasteiger partial charge on any atom is -0.461 e. The molecule has 4 aliphatic heterocycles. The molecule has 4 saturated heterocycles. The van der Waals surface area contributed by atoms with Crippen LogP contribution in [-0.2, 0) is 0 Å². The van der Waals surface area contributed by atoms with Gasteiger partial charge in [0.15, 0.2) is 17.2 Å². The molecule has 3 N–H and O–H groups in total.